The van der Waals surface area contributed by atoms with Crippen LogP contribution in [0.4, 0.5) is 0 Å². The first kappa shape index (κ1) is 55.9. The Hall–Kier alpha value is -2.11. The maximum Gasteiger partial charge on any atom is 0.306 e. The van der Waals surface area contributed by atoms with Gasteiger partial charge in [-0.1, -0.05) is 212 Å². The molecule has 0 fully saturated rings. The minimum absolute atomic E-state index is 0.0787. The van der Waals surface area contributed by atoms with E-state index in [-0.39, 0.29) is 31.1 Å². The molecule has 0 aromatic rings. The lowest BCUT2D eigenvalue weighted by atomic mass is 10.0. The molecular formula is C52H96O6. The first-order valence-electron chi connectivity index (χ1n) is 25.3. The van der Waals surface area contributed by atoms with Crippen molar-refractivity contribution in [1.29, 1.82) is 0 Å². The molecule has 0 aliphatic carbocycles. The lowest BCUT2D eigenvalue weighted by Crippen LogP contribution is -2.30. The van der Waals surface area contributed by atoms with Crippen molar-refractivity contribution >= 4 is 17.9 Å². The molecule has 0 aromatic heterocycles. The van der Waals surface area contributed by atoms with Crippen LogP contribution in [0, 0.1) is 0 Å². The van der Waals surface area contributed by atoms with Crippen molar-refractivity contribution in [3.63, 3.8) is 0 Å². The minimum Gasteiger partial charge on any atom is -0.462 e. The van der Waals surface area contributed by atoms with E-state index in [1.54, 1.807) is 0 Å². The molecule has 0 amide bonds. The second-order valence-corrected chi connectivity index (χ2v) is 17.1. The number of allylic oxidation sites excluding steroid dienone is 4. The SMILES string of the molecule is CCCCCC/C=C\CCCC(=O)OCC(COC(=O)CCCCCCCCC/C=C\CCCCCCCCCC)OC(=O)CCCCCCCCCCCCCC. The molecule has 0 N–H and O–H groups in total. The Bertz CT molecular complexity index is 942. The molecule has 0 spiro atoms. The molecule has 0 rings (SSSR count). The fourth-order valence-corrected chi connectivity index (χ4v) is 7.32. The largest absolute Gasteiger partial charge is 0.462 e. The quantitative estimate of drug-likeness (QED) is 0.0263. The predicted molar refractivity (Wildman–Crippen MR) is 247 cm³/mol. The van der Waals surface area contributed by atoms with Crippen LogP contribution < -0.4 is 0 Å². The summed E-state index contributed by atoms with van der Waals surface area (Å²) in [5.41, 5.74) is 0. The molecule has 6 nitrogen and oxygen atoms in total. The predicted octanol–water partition coefficient (Wildman–Crippen LogP) is 16.4. The van der Waals surface area contributed by atoms with Crippen LogP contribution in [0.5, 0.6) is 0 Å². The van der Waals surface area contributed by atoms with E-state index in [0.717, 1.165) is 57.8 Å². The molecule has 6 heteroatoms. The Morgan fingerprint density at radius 2 is 0.586 bits per heavy atom. The van der Waals surface area contributed by atoms with Gasteiger partial charge < -0.3 is 14.2 Å². The highest BCUT2D eigenvalue weighted by Gasteiger charge is 2.19. The molecule has 340 valence electrons. The van der Waals surface area contributed by atoms with Crippen LogP contribution in [0.25, 0.3) is 0 Å². The molecule has 0 aliphatic heterocycles. The van der Waals surface area contributed by atoms with E-state index < -0.39 is 6.10 Å². The van der Waals surface area contributed by atoms with Crippen molar-refractivity contribution in [2.45, 2.75) is 277 Å². The van der Waals surface area contributed by atoms with E-state index in [2.05, 4.69) is 45.1 Å². The molecule has 0 bridgehead atoms. The van der Waals surface area contributed by atoms with E-state index in [1.165, 1.54) is 173 Å². The summed E-state index contributed by atoms with van der Waals surface area (Å²) in [4.78, 5) is 37.8. The van der Waals surface area contributed by atoms with Gasteiger partial charge in [0.15, 0.2) is 6.10 Å². The van der Waals surface area contributed by atoms with Gasteiger partial charge in [0.2, 0.25) is 0 Å². The van der Waals surface area contributed by atoms with Crippen molar-refractivity contribution < 1.29 is 28.6 Å². The van der Waals surface area contributed by atoms with E-state index in [4.69, 9.17) is 14.2 Å². The summed E-state index contributed by atoms with van der Waals surface area (Å²) in [5, 5.41) is 0. The minimum atomic E-state index is -0.777. The fourth-order valence-electron chi connectivity index (χ4n) is 7.32. The van der Waals surface area contributed by atoms with Gasteiger partial charge in [-0.25, -0.2) is 0 Å². The van der Waals surface area contributed by atoms with Gasteiger partial charge in [-0.15, -0.1) is 0 Å². The molecule has 0 radical (unpaired) electrons. The van der Waals surface area contributed by atoms with Crippen molar-refractivity contribution in [3.8, 4) is 0 Å². The average Bonchev–Trinajstić information content (AvgIpc) is 3.22. The fraction of sp³-hybridized carbons (Fsp3) is 0.865. The Kier molecular flexibility index (Phi) is 45.8. The Balaban J connectivity index is 4.27. The average molecular weight is 817 g/mol. The van der Waals surface area contributed by atoms with Crippen LogP contribution in [0.3, 0.4) is 0 Å². The molecule has 0 saturated carbocycles. The van der Waals surface area contributed by atoms with Gasteiger partial charge in [0.05, 0.1) is 0 Å². The van der Waals surface area contributed by atoms with Gasteiger partial charge in [-0.2, -0.15) is 0 Å². The van der Waals surface area contributed by atoms with Crippen LogP contribution in [-0.4, -0.2) is 37.2 Å². The number of rotatable bonds is 46. The molecular weight excluding hydrogens is 721 g/mol. The molecule has 1 atom stereocenters. The standard InChI is InChI=1S/C52H96O6/c1-4-7-10-13-16-19-21-23-24-25-26-27-28-29-31-33-36-39-42-45-51(54)57-48-49(47-56-50(53)44-41-38-35-32-18-15-12-9-6-3)58-52(55)46-43-40-37-34-30-22-20-17-14-11-8-5-2/h25-26,32,35,49H,4-24,27-31,33-34,36-48H2,1-3H3/b26-25-,35-32-. The van der Waals surface area contributed by atoms with E-state index in [0.29, 0.717) is 19.3 Å². The number of carbonyl (C=O) groups excluding carboxylic acids is 3. The molecule has 1 unspecified atom stereocenters. The Labute approximate surface area is 360 Å². The van der Waals surface area contributed by atoms with Crippen LogP contribution in [0.2, 0.25) is 0 Å². The third-order valence-electron chi connectivity index (χ3n) is 11.2. The third kappa shape index (κ3) is 45.0. The summed E-state index contributed by atoms with van der Waals surface area (Å²) in [6.07, 6.45) is 53.2. The highest BCUT2D eigenvalue weighted by atomic mass is 16.6. The summed E-state index contributed by atoms with van der Waals surface area (Å²) in [6.45, 7) is 6.59. The lowest BCUT2D eigenvalue weighted by molar-refractivity contribution is -0.167. The zero-order valence-electron chi connectivity index (χ0n) is 38.8. The number of unbranched alkanes of at least 4 members (excludes halogenated alkanes) is 31. The highest BCUT2D eigenvalue weighted by Crippen LogP contribution is 2.15. The van der Waals surface area contributed by atoms with Crippen LogP contribution >= 0.6 is 0 Å². The zero-order chi connectivity index (χ0) is 42.3. The Morgan fingerprint density at radius 3 is 0.948 bits per heavy atom. The third-order valence-corrected chi connectivity index (χ3v) is 11.2. The van der Waals surface area contributed by atoms with Crippen molar-refractivity contribution in [3.05, 3.63) is 24.3 Å². The van der Waals surface area contributed by atoms with Crippen LogP contribution in [0.15, 0.2) is 24.3 Å². The summed E-state index contributed by atoms with van der Waals surface area (Å²) in [6, 6.07) is 0. The smallest absolute Gasteiger partial charge is 0.306 e. The Morgan fingerprint density at radius 1 is 0.328 bits per heavy atom. The van der Waals surface area contributed by atoms with E-state index in [1.807, 2.05) is 0 Å². The van der Waals surface area contributed by atoms with Crippen molar-refractivity contribution in [1.82, 2.24) is 0 Å². The van der Waals surface area contributed by atoms with Gasteiger partial charge in [-0.3, -0.25) is 14.4 Å². The van der Waals surface area contributed by atoms with Gasteiger partial charge in [-0.05, 0) is 64.2 Å². The first-order valence-corrected chi connectivity index (χ1v) is 25.3. The molecule has 0 saturated heterocycles. The topological polar surface area (TPSA) is 78.9 Å². The molecule has 58 heavy (non-hydrogen) atoms. The first-order chi connectivity index (χ1) is 28.5. The highest BCUT2D eigenvalue weighted by molar-refractivity contribution is 5.71. The molecule has 0 heterocycles. The summed E-state index contributed by atoms with van der Waals surface area (Å²) < 4.78 is 16.7. The lowest BCUT2D eigenvalue weighted by Gasteiger charge is -2.18. The van der Waals surface area contributed by atoms with Gasteiger partial charge in [0, 0.05) is 19.3 Å². The zero-order valence-corrected chi connectivity index (χ0v) is 38.8. The number of carbonyl (C=O) groups is 3. The van der Waals surface area contributed by atoms with Crippen molar-refractivity contribution in [2.24, 2.45) is 0 Å². The second kappa shape index (κ2) is 47.6. The second-order valence-electron chi connectivity index (χ2n) is 17.1. The molecule has 0 aliphatic rings. The van der Waals surface area contributed by atoms with Gasteiger partial charge in [0.1, 0.15) is 13.2 Å². The number of esters is 3. The van der Waals surface area contributed by atoms with Crippen LogP contribution in [-0.2, 0) is 28.6 Å². The number of hydrogen-bond acceptors (Lipinski definition) is 6. The van der Waals surface area contributed by atoms with Gasteiger partial charge >= 0.3 is 17.9 Å². The number of ether oxygens (including phenoxy) is 3. The summed E-state index contributed by atoms with van der Waals surface area (Å²) in [7, 11) is 0. The maximum atomic E-state index is 12.7. The van der Waals surface area contributed by atoms with E-state index in [9.17, 15) is 14.4 Å². The van der Waals surface area contributed by atoms with Crippen LogP contribution in [0.1, 0.15) is 271 Å². The normalized spacial score (nSPS) is 12.1. The number of hydrogen-bond donors (Lipinski definition) is 0. The summed E-state index contributed by atoms with van der Waals surface area (Å²) in [5.74, 6) is -0.910. The molecule has 0 aromatic carbocycles. The monoisotopic (exact) mass is 817 g/mol. The maximum absolute atomic E-state index is 12.7. The van der Waals surface area contributed by atoms with Gasteiger partial charge in [0.25, 0.3) is 0 Å². The summed E-state index contributed by atoms with van der Waals surface area (Å²) >= 11 is 0. The van der Waals surface area contributed by atoms with E-state index >= 15 is 0 Å². The van der Waals surface area contributed by atoms with Crippen molar-refractivity contribution in [2.75, 3.05) is 13.2 Å².